The Morgan fingerprint density at radius 2 is 2.35 bits per heavy atom. The van der Waals surface area contributed by atoms with Crippen LogP contribution in [0.25, 0.3) is 0 Å². The summed E-state index contributed by atoms with van der Waals surface area (Å²) in [6, 6.07) is 1.30. The van der Waals surface area contributed by atoms with E-state index < -0.39 is 10.0 Å². The average molecular weight is 296 g/mol. The van der Waals surface area contributed by atoms with Gasteiger partial charge in [0.2, 0.25) is 0 Å². The lowest BCUT2D eigenvalue weighted by Gasteiger charge is -2.21. The number of rotatable bonds is 3. The summed E-state index contributed by atoms with van der Waals surface area (Å²) in [5.74, 6) is 0. The van der Waals surface area contributed by atoms with Crippen molar-refractivity contribution in [2.75, 3.05) is 13.2 Å². The van der Waals surface area contributed by atoms with Gasteiger partial charge in [-0.15, -0.1) is 11.3 Å². The van der Waals surface area contributed by atoms with Gasteiger partial charge in [-0.05, 0) is 31.4 Å². The molecule has 2 heterocycles. The molecule has 0 bridgehead atoms. The lowest BCUT2D eigenvalue weighted by Crippen LogP contribution is -2.37. The number of hydrogen-bond donors (Lipinski definition) is 1. The Hall–Kier alpha value is -0.140. The highest BCUT2D eigenvalue weighted by molar-refractivity contribution is 7.91. The van der Waals surface area contributed by atoms with E-state index in [1.165, 1.54) is 4.31 Å². The van der Waals surface area contributed by atoms with E-state index in [9.17, 15) is 13.5 Å². The predicted octanol–water partition coefficient (Wildman–Crippen LogP) is 1.86. The quantitative estimate of drug-likeness (QED) is 0.926. The fourth-order valence-electron chi connectivity index (χ4n) is 1.98. The molecule has 1 aromatic rings. The van der Waals surface area contributed by atoms with Gasteiger partial charge in [0.1, 0.15) is 4.21 Å². The molecule has 0 amide bonds. The number of hydrogen-bond acceptors (Lipinski definition) is 4. The van der Waals surface area contributed by atoms with Crippen molar-refractivity contribution in [1.82, 2.24) is 4.31 Å². The van der Waals surface area contributed by atoms with Gasteiger partial charge in [0.05, 0.1) is 10.9 Å². The van der Waals surface area contributed by atoms with Crippen LogP contribution in [0.3, 0.4) is 0 Å². The van der Waals surface area contributed by atoms with Crippen LogP contribution in [0.15, 0.2) is 10.3 Å². The average Bonchev–Trinajstić information content (AvgIpc) is 2.86. The van der Waals surface area contributed by atoms with Gasteiger partial charge in [0, 0.05) is 12.6 Å². The van der Waals surface area contributed by atoms with Crippen molar-refractivity contribution in [2.24, 2.45) is 0 Å². The van der Waals surface area contributed by atoms with Gasteiger partial charge in [-0.3, -0.25) is 0 Å². The summed E-state index contributed by atoms with van der Waals surface area (Å²) < 4.78 is 26.8. The Morgan fingerprint density at radius 1 is 1.65 bits per heavy atom. The van der Waals surface area contributed by atoms with Crippen molar-refractivity contribution < 1.29 is 13.5 Å². The van der Waals surface area contributed by atoms with E-state index >= 15 is 0 Å². The third-order valence-corrected chi connectivity index (χ3v) is 6.89. The van der Waals surface area contributed by atoms with Crippen LogP contribution < -0.4 is 0 Å². The monoisotopic (exact) mass is 295 g/mol. The van der Waals surface area contributed by atoms with Gasteiger partial charge in [0.25, 0.3) is 10.0 Å². The molecule has 1 aliphatic rings. The summed E-state index contributed by atoms with van der Waals surface area (Å²) in [4.78, 5) is 0. The van der Waals surface area contributed by atoms with Gasteiger partial charge in [-0.1, -0.05) is 11.6 Å². The molecule has 0 spiro atoms. The number of aryl methyl sites for hydroxylation is 1. The molecule has 7 heteroatoms. The van der Waals surface area contributed by atoms with Crippen LogP contribution in [0.5, 0.6) is 0 Å². The molecule has 0 aromatic carbocycles. The molecule has 1 saturated heterocycles. The first-order chi connectivity index (χ1) is 7.96. The molecule has 96 valence electrons. The first-order valence-electron chi connectivity index (χ1n) is 5.35. The molecule has 1 aromatic heterocycles. The second kappa shape index (κ2) is 4.85. The van der Waals surface area contributed by atoms with E-state index in [4.69, 9.17) is 11.6 Å². The van der Waals surface area contributed by atoms with Gasteiger partial charge < -0.3 is 5.11 Å². The minimum Gasteiger partial charge on any atom is -0.395 e. The van der Waals surface area contributed by atoms with Gasteiger partial charge in [-0.25, -0.2) is 8.42 Å². The second-order valence-corrected chi connectivity index (χ2v) is 7.89. The van der Waals surface area contributed by atoms with E-state index in [0.717, 1.165) is 23.3 Å². The first-order valence-corrected chi connectivity index (χ1v) is 7.99. The van der Waals surface area contributed by atoms with Crippen molar-refractivity contribution in [3.63, 3.8) is 0 Å². The normalized spacial score (nSPS) is 22.2. The van der Waals surface area contributed by atoms with Crippen LogP contribution in [0.2, 0.25) is 4.34 Å². The molecule has 1 atom stereocenters. The second-order valence-electron chi connectivity index (χ2n) is 4.12. The lowest BCUT2D eigenvalue weighted by molar-refractivity contribution is 0.213. The SMILES string of the molecule is Cc1cc(S(=O)(=O)N2CCC[C@@H]2CO)sc1Cl. The summed E-state index contributed by atoms with van der Waals surface area (Å²) in [6.07, 6.45) is 1.51. The maximum absolute atomic E-state index is 12.3. The molecule has 17 heavy (non-hydrogen) atoms. The lowest BCUT2D eigenvalue weighted by atomic mass is 10.2. The largest absolute Gasteiger partial charge is 0.395 e. The molecule has 1 aliphatic heterocycles. The molecule has 0 radical (unpaired) electrons. The van der Waals surface area contributed by atoms with Crippen LogP contribution in [0.1, 0.15) is 18.4 Å². The summed E-state index contributed by atoms with van der Waals surface area (Å²) in [6.45, 7) is 2.13. The van der Waals surface area contributed by atoms with E-state index in [0.29, 0.717) is 17.3 Å². The molecule has 2 rings (SSSR count). The minimum atomic E-state index is -3.49. The van der Waals surface area contributed by atoms with Crippen molar-refractivity contribution >= 4 is 33.0 Å². The van der Waals surface area contributed by atoms with E-state index in [1.807, 2.05) is 0 Å². The number of thiophene rings is 1. The van der Waals surface area contributed by atoms with Gasteiger partial charge in [-0.2, -0.15) is 4.31 Å². The Bertz CT molecular complexity index is 492. The molecular formula is C10H14ClNO3S2. The highest BCUT2D eigenvalue weighted by atomic mass is 35.5. The highest BCUT2D eigenvalue weighted by Crippen LogP contribution is 2.34. The Morgan fingerprint density at radius 3 is 2.88 bits per heavy atom. The number of aliphatic hydroxyl groups excluding tert-OH is 1. The van der Waals surface area contributed by atoms with E-state index in [1.54, 1.807) is 13.0 Å². The Balaban J connectivity index is 2.36. The van der Waals surface area contributed by atoms with E-state index in [2.05, 4.69) is 0 Å². The van der Waals surface area contributed by atoms with Gasteiger partial charge in [0.15, 0.2) is 0 Å². The molecule has 4 nitrogen and oxygen atoms in total. The third-order valence-electron chi connectivity index (χ3n) is 2.93. The zero-order valence-electron chi connectivity index (χ0n) is 9.39. The van der Waals surface area contributed by atoms with Gasteiger partial charge >= 0.3 is 0 Å². The predicted molar refractivity (Wildman–Crippen MR) is 68.1 cm³/mol. The highest BCUT2D eigenvalue weighted by Gasteiger charge is 2.35. The summed E-state index contributed by atoms with van der Waals surface area (Å²) in [5, 5.41) is 9.18. The zero-order valence-corrected chi connectivity index (χ0v) is 11.8. The zero-order chi connectivity index (χ0) is 12.6. The van der Waals surface area contributed by atoms with Crippen LogP contribution in [-0.2, 0) is 10.0 Å². The van der Waals surface area contributed by atoms with Crippen LogP contribution in [-0.4, -0.2) is 37.0 Å². The van der Waals surface area contributed by atoms with Crippen molar-refractivity contribution in [2.45, 2.75) is 30.0 Å². The topological polar surface area (TPSA) is 57.6 Å². The molecule has 0 saturated carbocycles. The Kier molecular flexibility index (Phi) is 3.80. The van der Waals surface area contributed by atoms with Crippen LogP contribution in [0, 0.1) is 6.92 Å². The van der Waals surface area contributed by atoms with Crippen LogP contribution >= 0.6 is 22.9 Å². The first kappa shape index (κ1) is 13.3. The molecule has 1 fully saturated rings. The van der Waals surface area contributed by atoms with Crippen LogP contribution in [0.4, 0.5) is 0 Å². The molecule has 1 N–H and O–H groups in total. The number of aliphatic hydroxyl groups is 1. The standard InChI is InChI=1S/C10H14ClNO3S2/c1-7-5-9(16-10(7)11)17(14,15)12-4-2-3-8(12)6-13/h5,8,13H,2-4,6H2,1H3/t8-/m1/s1. The minimum absolute atomic E-state index is 0.128. The Labute approximate surface area is 110 Å². The molecular weight excluding hydrogens is 282 g/mol. The third kappa shape index (κ3) is 2.37. The fourth-order valence-corrected chi connectivity index (χ4v) is 5.51. The van der Waals surface area contributed by atoms with Crippen molar-refractivity contribution in [3.8, 4) is 0 Å². The summed E-state index contributed by atoms with van der Waals surface area (Å²) in [5.41, 5.74) is 0.773. The molecule has 0 unspecified atom stereocenters. The van der Waals surface area contributed by atoms with E-state index in [-0.39, 0.29) is 16.9 Å². The number of sulfonamides is 1. The summed E-state index contributed by atoms with van der Waals surface area (Å²) >= 11 is 6.97. The maximum Gasteiger partial charge on any atom is 0.252 e. The fraction of sp³-hybridized carbons (Fsp3) is 0.600. The molecule has 0 aliphatic carbocycles. The maximum atomic E-state index is 12.3. The van der Waals surface area contributed by atoms with Crippen molar-refractivity contribution in [1.29, 1.82) is 0 Å². The van der Waals surface area contributed by atoms with Crippen molar-refractivity contribution in [3.05, 3.63) is 16.0 Å². The summed E-state index contributed by atoms with van der Waals surface area (Å²) in [7, 11) is -3.49. The number of halogens is 1. The smallest absolute Gasteiger partial charge is 0.252 e. The number of nitrogens with zero attached hydrogens (tertiary/aromatic N) is 1.